The Kier molecular flexibility index (Phi) is 4.84. The fourth-order valence-electron chi connectivity index (χ4n) is 3.26. The minimum absolute atomic E-state index is 0.0252. The van der Waals surface area contributed by atoms with Gasteiger partial charge in [0.1, 0.15) is 18.0 Å². The normalized spacial score (nSPS) is 29.0. The Hall–Kier alpha value is -1.91. The summed E-state index contributed by atoms with van der Waals surface area (Å²) in [6.07, 6.45) is 2.71. The number of Topliss-reactive ketones (excluding diaryl/α,β-unsaturated/α-hetero) is 1. The van der Waals surface area contributed by atoms with Gasteiger partial charge >= 0.3 is 11.9 Å². The minimum atomic E-state index is -0.534. The number of ketones is 1. The molecule has 4 atom stereocenters. The molecule has 1 fully saturated rings. The van der Waals surface area contributed by atoms with Crippen LogP contribution >= 0.6 is 0 Å². The standard InChI is InChI=1S/C17H22O5/c1-9-7-15-14(11(3)17(20)22-15)6-5-13(9)16(8-10(2)18)21-12(4)19/h5,9,14-16H,3,6-8H2,1-2,4H3/t9-,14+,15+,16-/m1/s1. The van der Waals surface area contributed by atoms with Gasteiger partial charge in [-0.2, -0.15) is 0 Å². The number of allylic oxidation sites excluding steroid dienone is 1. The molecule has 1 saturated heterocycles. The monoisotopic (exact) mass is 306 g/mol. The summed E-state index contributed by atoms with van der Waals surface area (Å²) in [5.74, 6) is -0.710. The zero-order valence-corrected chi connectivity index (χ0v) is 13.3. The molecule has 2 rings (SSSR count). The molecule has 5 heteroatoms. The number of carbonyl (C=O) groups is 3. The summed E-state index contributed by atoms with van der Waals surface area (Å²) in [6, 6.07) is 0. The van der Waals surface area contributed by atoms with Gasteiger partial charge in [-0.25, -0.2) is 4.79 Å². The topological polar surface area (TPSA) is 69.7 Å². The van der Waals surface area contributed by atoms with Crippen molar-refractivity contribution >= 4 is 17.7 Å². The molecule has 0 saturated carbocycles. The fourth-order valence-corrected chi connectivity index (χ4v) is 3.26. The number of rotatable bonds is 4. The molecule has 0 spiro atoms. The predicted octanol–water partition coefficient (Wildman–Crippen LogP) is 2.35. The van der Waals surface area contributed by atoms with Gasteiger partial charge in [-0.05, 0) is 31.3 Å². The maximum Gasteiger partial charge on any atom is 0.334 e. The first-order valence-corrected chi connectivity index (χ1v) is 7.56. The van der Waals surface area contributed by atoms with Crippen LogP contribution in [0.15, 0.2) is 23.8 Å². The van der Waals surface area contributed by atoms with E-state index in [1.807, 2.05) is 13.0 Å². The Morgan fingerprint density at radius 2 is 2.14 bits per heavy atom. The molecule has 0 unspecified atom stereocenters. The molecule has 1 heterocycles. The van der Waals surface area contributed by atoms with Gasteiger partial charge in [0.15, 0.2) is 0 Å². The average molecular weight is 306 g/mol. The zero-order chi connectivity index (χ0) is 16.4. The fraction of sp³-hybridized carbons (Fsp3) is 0.588. The van der Waals surface area contributed by atoms with Crippen LogP contribution in [0.1, 0.15) is 40.0 Å². The van der Waals surface area contributed by atoms with E-state index in [1.165, 1.54) is 13.8 Å². The number of ether oxygens (including phenoxy) is 2. The van der Waals surface area contributed by atoms with Gasteiger partial charge in [0.05, 0.1) is 0 Å². The molecule has 22 heavy (non-hydrogen) atoms. The van der Waals surface area contributed by atoms with Crippen molar-refractivity contribution in [2.75, 3.05) is 0 Å². The zero-order valence-electron chi connectivity index (χ0n) is 13.3. The molecule has 1 aliphatic carbocycles. The number of fused-ring (bicyclic) bond motifs is 1. The Morgan fingerprint density at radius 1 is 1.45 bits per heavy atom. The van der Waals surface area contributed by atoms with Crippen LogP contribution in [0.2, 0.25) is 0 Å². The summed E-state index contributed by atoms with van der Waals surface area (Å²) >= 11 is 0. The quantitative estimate of drug-likeness (QED) is 0.453. The number of esters is 2. The van der Waals surface area contributed by atoms with E-state index >= 15 is 0 Å². The van der Waals surface area contributed by atoms with Crippen LogP contribution in [0, 0.1) is 11.8 Å². The van der Waals surface area contributed by atoms with Gasteiger partial charge in [-0.15, -0.1) is 0 Å². The van der Waals surface area contributed by atoms with Crippen molar-refractivity contribution in [3.63, 3.8) is 0 Å². The summed E-state index contributed by atoms with van der Waals surface area (Å²) in [6.45, 7) is 8.63. The maximum atomic E-state index is 11.6. The number of carbonyl (C=O) groups excluding carboxylic acids is 3. The van der Waals surface area contributed by atoms with Gasteiger partial charge < -0.3 is 9.47 Å². The van der Waals surface area contributed by atoms with Crippen molar-refractivity contribution in [2.45, 2.75) is 52.2 Å². The second-order valence-corrected chi connectivity index (χ2v) is 6.16. The first kappa shape index (κ1) is 16.5. The van der Waals surface area contributed by atoms with Crippen LogP contribution in [0.4, 0.5) is 0 Å². The van der Waals surface area contributed by atoms with Gasteiger partial charge in [0, 0.05) is 24.8 Å². The SMILES string of the molecule is C=C1C(=O)O[C@H]2C[C@@H](C)C([C@@H](CC(C)=O)OC(C)=O)=CC[C@@H]12. The van der Waals surface area contributed by atoms with Crippen LogP contribution in [-0.4, -0.2) is 29.9 Å². The smallest absolute Gasteiger partial charge is 0.334 e. The Labute approximate surface area is 130 Å². The Balaban J connectivity index is 2.23. The van der Waals surface area contributed by atoms with Crippen molar-refractivity contribution in [2.24, 2.45) is 11.8 Å². The highest BCUT2D eigenvalue weighted by Gasteiger charge is 2.41. The van der Waals surface area contributed by atoms with Crippen molar-refractivity contribution in [1.29, 1.82) is 0 Å². The minimum Gasteiger partial charge on any atom is -0.458 e. The van der Waals surface area contributed by atoms with Crippen molar-refractivity contribution in [3.05, 3.63) is 23.8 Å². The lowest BCUT2D eigenvalue weighted by atomic mass is 9.89. The summed E-state index contributed by atoms with van der Waals surface area (Å²) < 4.78 is 10.7. The highest BCUT2D eigenvalue weighted by atomic mass is 16.6. The molecule has 0 aromatic rings. The summed E-state index contributed by atoms with van der Waals surface area (Å²) in [4.78, 5) is 34.4. The summed E-state index contributed by atoms with van der Waals surface area (Å²) in [7, 11) is 0. The number of hydrogen-bond acceptors (Lipinski definition) is 5. The second-order valence-electron chi connectivity index (χ2n) is 6.16. The van der Waals surface area contributed by atoms with Gasteiger partial charge in [-0.1, -0.05) is 19.6 Å². The molecular weight excluding hydrogens is 284 g/mol. The summed E-state index contributed by atoms with van der Waals surface area (Å²) in [5, 5.41) is 0. The van der Waals surface area contributed by atoms with Crippen LogP contribution < -0.4 is 0 Å². The molecule has 0 aromatic carbocycles. The molecule has 2 aliphatic rings. The number of hydrogen-bond donors (Lipinski definition) is 0. The predicted molar refractivity (Wildman–Crippen MR) is 79.8 cm³/mol. The lowest BCUT2D eigenvalue weighted by molar-refractivity contribution is -0.145. The third-order valence-electron chi connectivity index (χ3n) is 4.33. The molecule has 0 aromatic heterocycles. The van der Waals surface area contributed by atoms with Crippen molar-refractivity contribution in [3.8, 4) is 0 Å². The van der Waals surface area contributed by atoms with E-state index in [4.69, 9.17) is 9.47 Å². The second kappa shape index (κ2) is 6.46. The van der Waals surface area contributed by atoms with Crippen LogP contribution in [-0.2, 0) is 23.9 Å². The molecule has 5 nitrogen and oxygen atoms in total. The van der Waals surface area contributed by atoms with E-state index < -0.39 is 12.1 Å². The van der Waals surface area contributed by atoms with E-state index in [-0.39, 0.29) is 36.1 Å². The molecular formula is C17H22O5. The third-order valence-corrected chi connectivity index (χ3v) is 4.33. The van der Waals surface area contributed by atoms with Gasteiger partial charge in [0.2, 0.25) is 0 Å². The van der Waals surface area contributed by atoms with E-state index in [0.29, 0.717) is 18.4 Å². The van der Waals surface area contributed by atoms with E-state index in [2.05, 4.69) is 6.58 Å². The summed E-state index contributed by atoms with van der Waals surface area (Å²) in [5.41, 5.74) is 1.44. The largest absolute Gasteiger partial charge is 0.458 e. The Bertz CT molecular complexity index is 529. The first-order valence-electron chi connectivity index (χ1n) is 7.56. The lowest BCUT2D eigenvalue weighted by Gasteiger charge is -2.24. The van der Waals surface area contributed by atoms with Crippen LogP contribution in [0.5, 0.6) is 0 Å². The molecule has 120 valence electrons. The first-order chi connectivity index (χ1) is 10.3. The highest BCUT2D eigenvalue weighted by molar-refractivity contribution is 5.90. The van der Waals surface area contributed by atoms with E-state index in [1.54, 1.807) is 0 Å². The van der Waals surface area contributed by atoms with Crippen LogP contribution in [0.3, 0.4) is 0 Å². The highest BCUT2D eigenvalue weighted by Crippen LogP contribution is 2.39. The molecule has 0 amide bonds. The maximum absolute atomic E-state index is 11.6. The van der Waals surface area contributed by atoms with E-state index in [0.717, 1.165) is 5.57 Å². The third kappa shape index (κ3) is 3.46. The van der Waals surface area contributed by atoms with Crippen LogP contribution in [0.25, 0.3) is 0 Å². The molecule has 1 aliphatic heterocycles. The molecule has 0 radical (unpaired) electrons. The lowest BCUT2D eigenvalue weighted by Crippen LogP contribution is -2.26. The van der Waals surface area contributed by atoms with Gasteiger partial charge in [0.25, 0.3) is 0 Å². The molecule has 0 N–H and O–H groups in total. The average Bonchev–Trinajstić information content (AvgIpc) is 2.56. The Morgan fingerprint density at radius 3 is 2.73 bits per heavy atom. The van der Waals surface area contributed by atoms with Crippen molar-refractivity contribution in [1.82, 2.24) is 0 Å². The van der Waals surface area contributed by atoms with Crippen molar-refractivity contribution < 1.29 is 23.9 Å². The van der Waals surface area contributed by atoms with E-state index in [9.17, 15) is 14.4 Å². The molecule has 0 bridgehead atoms. The van der Waals surface area contributed by atoms with Gasteiger partial charge in [-0.3, -0.25) is 9.59 Å².